The normalized spacial score (nSPS) is 14.2. The number of rotatable bonds is 8. The molecular formula is C15H25NO2. The first-order chi connectivity index (χ1) is 8.67. The second kappa shape index (κ2) is 8.11. The summed E-state index contributed by atoms with van der Waals surface area (Å²) in [6.45, 7) is 6.01. The van der Waals surface area contributed by atoms with E-state index in [4.69, 9.17) is 4.74 Å². The van der Waals surface area contributed by atoms with E-state index in [1.54, 1.807) is 7.11 Å². The summed E-state index contributed by atoms with van der Waals surface area (Å²) in [4.78, 5) is 0. The van der Waals surface area contributed by atoms with E-state index >= 15 is 0 Å². The van der Waals surface area contributed by atoms with Crippen LogP contribution in [0.25, 0.3) is 0 Å². The Balaban J connectivity index is 2.29. The topological polar surface area (TPSA) is 41.5 Å². The Kier molecular flexibility index (Phi) is 6.76. The molecule has 0 saturated carbocycles. The highest BCUT2D eigenvalue weighted by Crippen LogP contribution is 2.18. The molecule has 3 heteroatoms. The molecule has 0 aliphatic carbocycles. The molecule has 102 valence electrons. The molecule has 1 aromatic carbocycles. The molecule has 18 heavy (non-hydrogen) atoms. The third-order valence-electron chi connectivity index (χ3n) is 3.26. The third-order valence-corrected chi connectivity index (χ3v) is 3.26. The van der Waals surface area contributed by atoms with Crippen molar-refractivity contribution in [3.8, 4) is 5.75 Å². The SMILES string of the molecule is CCC(O)CCNCC(C)c1ccc(OC)cc1. The second-order valence-corrected chi connectivity index (χ2v) is 4.73. The highest BCUT2D eigenvalue weighted by Gasteiger charge is 2.06. The van der Waals surface area contributed by atoms with Gasteiger partial charge in [-0.2, -0.15) is 0 Å². The van der Waals surface area contributed by atoms with E-state index in [1.807, 2.05) is 19.1 Å². The van der Waals surface area contributed by atoms with Gasteiger partial charge < -0.3 is 15.2 Å². The molecule has 0 fully saturated rings. The number of nitrogens with one attached hydrogen (secondary N) is 1. The summed E-state index contributed by atoms with van der Waals surface area (Å²) in [7, 11) is 1.68. The fourth-order valence-electron chi connectivity index (χ4n) is 1.84. The van der Waals surface area contributed by atoms with Gasteiger partial charge in [-0.05, 0) is 43.0 Å². The fraction of sp³-hybridized carbons (Fsp3) is 0.600. The Hall–Kier alpha value is -1.06. The molecule has 0 spiro atoms. The standard InChI is InChI=1S/C15H25NO2/c1-4-14(17)9-10-16-11-12(2)13-5-7-15(18-3)8-6-13/h5-8,12,14,16-17H,4,9-11H2,1-3H3. The maximum atomic E-state index is 9.44. The first-order valence-electron chi connectivity index (χ1n) is 6.70. The number of ether oxygens (including phenoxy) is 1. The van der Waals surface area contributed by atoms with Crippen LogP contribution in [0.4, 0.5) is 0 Å². The zero-order valence-corrected chi connectivity index (χ0v) is 11.6. The zero-order valence-electron chi connectivity index (χ0n) is 11.6. The Bertz CT molecular complexity index is 324. The van der Waals surface area contributed by atoms with Gasteiger partial charge in [0.25, 0.3) is 0 Å². The third kappa shape index (κ3) is 5.07. The first kappa shape index (κ1) is 15.0. The monoisotopic (exact) mass is 251 g/mol. The van der Waals surface area contributed by atoms with Gasteiger partial charge in [0.1, 0.15) is 5.75 Å². The van der Waals surface area contributed by atoms with Gasteiger partial charge in [-0.15, -0.1) is 0 Å². The lowest BCUT2D eigenvalue weighted by molar-refractivity contribution is 0.159. The predicted molar refractivity (Wildman–Crippen MR) is 75.2 cm³/mol. The van der Waals surface area contributed by atoms with Crippen LogP contribution in [-0.2, 0) is 0 Å². The number of aliphatic hydroxyl groups is 1. The van der Waals surface area contributed by atoms with Crippen LogP contribution in [0, 0.1) is 0 Å². The lowest BCUT2D eigenvalue weighted by Gasteiger charge is -2.14. The minimum absolute atomic E-state index is 0.172. The lowest BCUT2D eigenvalue weighted by atomic mass is 10.0. The molecule has 2 unspecified atom stereocenters. The van der Waals surface area contributed by atoms with Gasteiger partial charge >= 0.3 is 0 Å². The van der Waals surface area contributed by atoms with E-state index in [0.717, 1.165) is 31.7 Å². The summed E-state index contributed by atoms with van der Waals surface area (Å²) in [5.74, 6) is 1.36. The molecule has 2 N–H and O–H groups in total. The maximum Gasteiger partial charge on any atom is 0.118 e. The smallest absolute Gasteiger partial charge is 0.118 e. The Morgan fingerprint density at radius 3 is 2.50 bits per heavy atom. The van der Waals surface area contributed by atoms with E-state index in [0.29, 0.717) is 5.92 Å². The van der Waals surface area contributed by atoms with Crippen LogP contribution in [-0.4, -0.2) is 31.4 Å². The van der Waals surface area contributed by atoms with Gasteiger partial charge in [0.05, 0.1) is 13.2 Å². The van der Waals surface area contributed by atoms with Crippen molar-refractivity contribution in [1.82, 2.24) is 5.32 Å². The van der Waals surface area contributed by atoms with E-state index < -0.39 is 0 Å². The number of methoxy groups -OCH3 is 1. The van der Waals surface area contributed by atoms with Gasteiger partial charge in [0.15, 0.2) is 0 Å². The minimum atomic E-state index is -0.172. The second-order valence-electron chi connectivity index (χ2n) is 4.73. The molecule has 0 radical (unpaired) electrons. The Morgan fingerprint density at radius 1 is 1.28 bits per heavy atom. The molecule has 0 aromatic heterocycles. The molecule has 0 aliphatic rings. The van der Waals surface area contributed by atoms with Crippen molar-refractivity contribution in [2.45, 2.75) is 38.7 Å². The van der Waals surface area contributed by atoms with Crippen LogP contribution in [0.5, 0.6) is 5.75 Å². The van der Waals surface area contributed by atoms with Gasteiger partial charge in [-0.25, -0.2) is 0 Å². The van der Waals surface area contributed by atoms with Crippen molar-refractivity contribution in [3.63, 3.8) is 0 Å². The van der Waals surface area contributed by atoms with Crippen molar-refractivity contribution < 1.29 is 9.84 Å². The van der Waals surface area contributed by atoms with Crippen LogP contribution in [0.1, 0.15) is 38.2 Å². The largest absolute Gasteiger partial charge is 0.497 e. The number of hydrogen-bond donors (Lipinski definition) is 2. The van der Waals surface area contributed by atoms with Crippen LogP contribution >= 0.6 is 0 Å². The molecule has 2 atom stereocenters. The van der Waals surface area contributed by atoms with Crippen molar-refractivity contribution in [3.05, 3.63) is 29.8 Å². The summed E-state index contributed by atoms with van der Waals surface area (Å²) in [5.41, 5.74) is 1.30. The molecule has 1 aromatic rings. The van der Waals surface area contributed by atoms with Crippen molar-refractivity contribution in [2.75, 3.05) is 20.2 Å². The van der Waals surface area contributed by atoms with Crippen molar-refractivity contribution in [2.24, 2.45) is 0 Å². The van der Waals surface area contributed by atoms with Crippen LogP contribution in [0.15, 0.2) is 24.3 Å². The minimum Gasteiger partial charge on any atom is -0.497 e. The van der Waals surface area contributed by atoms with Crippen LogP contribution < -0.4 is 10.1 Å². The highest BCUT2D eigenvalue weighted by molar-refractivity contribution is 5.29. The number of aliphatic hydroxyl groups excluding tert-OH is 1. The maximum absolute atomic E-state index is 9.44. The molecule has 0 saturated heterocycles. The van der Waals surface area contributed by atoms with Crippen LogP contribution in [0.2, 0.25) is 0 Å². The van der Waals surface area contributed by atoms with E-state index in [9.17, 15) is 5.11 Å². The number of hydrogen-bond acceptors (Lipinski definition) is 3. The number of benzene rings is 1. The van der Waals surface area contributed by atoms with Crippen LogP contribution in [0.3, 0.4) is 0 Å². The zero-order chi connectivity index (χ0) is 13.4. The molecule has 0 aliphatic heterocycles. The van der Waals surface area contributed by atoms with Gasteiger partial charge in [0, 0.05) is 6.54 Å². The summed E-state index contributed by atoms with van der Waals surface area (Å²) in [6.07, 6.45) is 1.48. The Morgan fingerprint density at radius 2 is 1.94 bits per heavy atom. The molecule has 0 amide bonds. The van der Waals surface area contributed by atoms with E-state index in [2.05, 4.69) is 24.4 Å². The van der Waals surface area contributed by atoms with Gasteiger partial charge in [0.2, 0.25) is 0 Å². The molecule has 1 rings (SSSR count). The van der Waals surface area contributed by atoms with Crippen molar-refractivity contribution in [1.29, 1.82) is 0 Å². The predicted octanol–water partition coefficient (Wildman–Crippen LogP) is 2.55. The average Bonchev–Trinajstić information content (AvgIpc) is 2.43. The van der Waals surface area contributed by atoms with Crippen molar-refractivity contribution >= 4 is 0 Å². The molecule has 3 nitrogen and oxygen atoms in total. The highest BCUT2D eigenvalue weighted by atomic mass is 16.5. The summed E-state index contributed by atoms with van der Waals surface area (Å²) >= 11 is 0. The van der Waals surface area contributed by atoms with E-state index in [-0.39, 0.29) is 6.10 Å². The molecule has 0 heterocycles. The fourth-order valence-corrected chi connectivity index (χ4v) is 1.84. The van der Waals surface area contributed by atoms with E-state index in [1.165, 1.54) is 5.56 Å². The molecular weight excluding hydrogens is 226 g/mol. The van der Waals surface area contributed by atoms with Gasteiger partial charge in [-0.3, -0.25) is 0 Å². The quantitative estimate of drug-likeness (QED) is 0.698. The summed E-state index contributed by atoms with van der Waals surface area (Å²) in [5, 5.41) is 12.8. The lowest BCUT2D eigenvalue weighted by Crippen LogP contribution is -2.24. The first-order valence-corrected chi connectivity index (χ1v) is 6.70. The summed E-state index contributed by atoms with van der Waals surface area (Å²) in [6, 6.07) is 8.19. The summed E-state index contributed by atoms with van der Waals surface area (Å²) < 4.78 is 5.14. The van der Waals surface area contributed by atoms with Gasteiger partial charge in [-0.1, -0.05) is 26.0 Å². The average molecular weight is 251 g/mol. The molecule has 0 bridgehead atoms. The Labute approximate surface area is 110 Å².